The lowest BCUT2D eigenvalue weighted by Gasteiger charge is -2.13. The molecule has 0 fully saturated rings. The summed E-state index contributed by atoms with van der Waals surface area (Å²) in [6.07, 6.45) is 2.31. The number of anilines is 1. The molecule has 3 aromatic rings. The van der Waals surface area contributed by atoms with Gasteiger partial charge in [-0.15, -0.1) is 11.3 Å². The van der Waals surface area contributed by atoms with Crippen LogP contribution in [0, 0.1) is 6.92 Å². The fourth-order valence-corrected chi connectivity index (χ4v) is 4.79. The molecule has 1 aromatic heterocycles. The summed E-state index contributed by atoms with van der Waals surface area (Å²) >= 11 is 13.6. The maximum absolute atomic E-state index is 12.7. The highest BCUT2D eigenvalue weighted by molar-refractivity contribution is 7.89. The summed E-state index contributed by atoms with van der Waals surface area (Å²) < 4.78 is 25.7. The molecule has 10 heteroatoms. The van der Waals surface area contributed by atoms with Crippen LogP contribution in [0.5, 0.6) is 0 Å². The summed E-state index contributed by atoms with van der Waals surface area (Å²) in [5.74, 6) is -0.532. The van der Waals surface area contributed by atoms with Gasteiger partial charge in [0.05, 0.1) is 15.5 Å². The number of nitrogens with zero attached hydrogens (tertiary/aromatic N) is 2. The van der Waals surface area contributed by atoms with Crippen LogP contribution in [-0.2, 0) is 16.4 Å². The van der Waals surface area contributed by atoms with Gasteiger partial charge in [0.1, 0.15) is 0 Å². The standard InChI is InChI=1S/C20H19Cl2N3O3S2/c1-12-4-5-13(9-18(12)22)8-14-11-23-20(29-14)24-19(26)16-10-15(6-7-17(16)21)30(27,28)25(2)3/h4-7,9-11H,8H2,1-3H3,(H,23,24,26). The number of carbonyl (C=O) groups excluding carboxylic acids is 1. The number of halogens is 2. The van der Waals surface area contributed by atoms with Gasteiger partial charge in [-0.25, -0.2) is 17.7 Å². The van der Waals surface area contributed by atoms with Crippen LogP contribution < -0.4 is 5.32 Å². The van der Waals surface area contributed by atoms with Gasteiger partial charge in [-0.3, -0.25) is 10.1 Å². The molecule has 0 radical (unpaired) electrons. The normalized spacial score (nSPS) is 11.7. The van der Waals surface area contributed by atoms with E-state index in [0.717, 1.165) is 20.3 Å². The minimum absolute atomic E-state index is 0.0156. The lowest BCUT2D eigenvalue weighted by molar-refractivity contribution is 0.102. The highest BCUT2D eigenvalue weighted by atomic mass is 35.5. The Kier molecular flexibility index (Phi) is 6.84. The van der Waals surface area contributed by atoms with E-state index < -0.39 is 15.9 Å². The molecule has 2 aromatic carbocycles. The van der Waals surface area contributed by atoms with Crippen molar-refractivity contribution in [2.24, 2.45) is 0 Å². The monoisotopic (exact) mass is 483 g/mol. The van der Waals surface area contributed by atoms with E-state index in [2.05, 4.69) is 10.3 Å². The van der Waals surface area contributed by atoms with Crippen LogP contribution in [-0.4, -0.2) is 37.7 Å². The topological polar surface area (TPSA) is 79.4 Å². The molecule has 0 bridgehead atoms. The van der Waals surface area contributed by atoms with Gasteiger partial charge in [0.15, 0.2) is 5.13 Å². The summed E-state index contributed by atoms with van der Waals surface area (Å²) in [4.78, 5) is 17.8. The fourth-order valence-electron chi connectivity index (χ4n) is 2.61. The number of hydrogen-bond donors (Lipinski definition) is 1. The molecule has 0 saturated carbocycles. The van der Waals surface area contributed by atoms with Gasteiger partial charge in [0.25, 0.3) is 5.91 Å². The number of nitrogens with one attached hydrogen (secondary N) is 1. The Morgan fingerprint density at radius 3 is 2.53 bits per heavy atom. The molecule has 1 amide bonds. The molecular formula is C20H19Cl2N3O3S2. The summed E-state index contributed by atoms with van der Waals surface area (Å²) in [7, 11) is -0.851. The number of sulfonamides is 1. The second kappa shape index (κ2) is 9.03. The van der Waals surface area contributed by atoms with Gasteiger partial charge in [0.2, 0.25) is 10.0 Å². The summed E-state index contributed by atoms with van der Waals surface area (Å²) in [6.45, 7) is 1.94. The number of rotatable bonds is 6. The van der Waals surface area contributed by atoms with Crippen molar-refractivity contribution in [3.8, 4) is 0 Å². The van der Waals surface area contributed by atoms with E-state index in [1.54, 1.807) is 6.20 Å². The number of thiazole rings is 1. The predicted molar refractivity (Wildman–Crippen MR) is 121 cm³/mol. The van der Waals surface area contributed by atoms with Crippen LogP contribution >= 0.6 is 34.5 Å². The number of aryl methyl sites for hydroxylation is 1. The molecule has 1 N–H and O–H groups in total. The molecule has 0 aliphatic rings. The van der Waals surface area contributed by atoms with E-state index >= 15 is 0 Å². The number of benzene rings is 2. The summed E-state index contributed by atoms with van der Waals surface area (Å²) in [5, 5.41) is 3.93. The van der Waals surface area contributed by atoms with Crippen molar-refractivity contribution >= 4 is 55.6 Å². The Morgan fingerprint density at radius 1 is 1.13 bits per heavy atom. The minimum atomic E-state index is -3.69. The second-order valence-electron chi connectivity index (χ2n) is 6.78. The average Bonchev–Trinajstić information content (AvgIpc) is 3.11. The van der Waals surface area contributed by atoms with Crippen LogP contribution in [0.2, 0.25) is 10.0 Å². The van der Waals surface area contributed by atoms with Crippen molar-refractivity contribution in [3.05, 3.63) is 74.2 Å². The molecule has 3 rings (SSSR count). The Hall–Kier alpha value is -1.97. The van der Waals surface area contributed by atoms with Gasteiger partial charge >= 0.3 is 0 Å². The summed E-state index contributed by atoms with van der Waals surface area (Å²) in [5.41, 5.74) is 2.10. The molecule has 1 heterocycles. The van der Waals surface area contributed by atoms with Crippen molar-refractivity contribution in [1.82, 2.24) is 9.29 Å². The Bertz CT molecular complexity index is 1210. The van der Waals surface area contributed by atoms with Gasteiger partial charge in [-0.2, -0.15) is 0 Å². The number of hydrogen-bond acceptors (Lipinski definition) is 5. The highest BCUT2D eigenvalue weighted by Gasteiger charge is 2.21. The van der Waals surface area contributed by atoms with E-state index in [1.807, 2.05) is 25.1 Å². The third-order valence-electron chi connectivity index (χ3n) is 4.35. The first-order valence-corrected chi connectivity index (χ1v) is 11.8. The van der Waals surface area contributed by atoms with Gasteiger partial charge in [0, 0.05) is 36.6 Å². The van der Waals surface area contributed by atoms with E-state index in [0.29, 0.717) is 16.6 Å². The largest absolute Gasteiger partial charge is 0.298 e. The molecule has 0 aliphatic carbocycles. The lowest BCUT2D eigenvalue weighted by atomic mass is 10.1. The lowest BCUT2D eigenvalue weighted by Crippen LogP contribution is -2.23. The molecule has 158 valence electrons. The van der Waals surface area contributed by atoms with Crippen molar-refractivity contribution < 1.29 is 13.2 Å². The zero-order chi connectivity index (χ0) is 22.1. The van der Waals surface area contributed by atoms with Crippen molar-refractivity contribution in [3.63, 3.8) is 0 Å². The first-order valence-electron chi connectivity index (χ1n) is 8.81. The van der Waals surface area contributed by atoms with Gasteiger partial charge < -0.3 is 0 Å². The Labute approximate surface area is 189 Å². The molecule has 30 heavy (non-hydrogen) atoms. The third-order valence-corrected chi connectivity index (χ3v) is 7.81. The van der Waals surface area contributed by atoms with E-state index in [-0.39, 0.29) is 15.5 Å². The molecule has 6 nitrogen and oxygen atoms in total. The zero-order valence-electron chi connectivity index (χ0n) is 16.4. The van der Waals surface area contributed by atoms with Crippen LogP contribution in [0.1, 0.15) is 26.4 Å². The molecule has 0 saturated heterocycles. The number of amides is 1. The number of aromatic nitrogens is 1. The van der Waals surface area contributed by atoms with E-state index in [9.17, 15) is 13.2 Å². The SMILES string of the molecule is Cc1ccc(Cc2cnc(NC(=O)c3cc(S(=O)(=O)N(C)C)ccc3Cl)s2)cc1Cl. The highest BCUT2D eigenvalue weighted by Crippen LogP contribution is 2.26. The van der Waals surface area contributed by atoms with Crippen LogP contribution in [0.25, 0.3) is 0 Å². The zero-order valence-corrected chi connectivity index (χ0v) is 19.6. The van der Waals surface area contributed by atoms with Crippen molar-refractivity contribution in [2.45, 2.75) is 18.2 Å². The van der Waals surface area contributed by atoms with Crippen LogP contribution in [0.3, 0.4) is 0 Å². The Morgan fingerprint density at radius 2 is 1.87 bits per heavy atom. The van der Waals surface area contributed by atoms with Crippen molar-refractivity contribution in [2.75, 3.05) is 19.4 Å². The van der Waals surface area contributed by atoms with Gasteiger partial charge in [-0.05, 0) is 42.3 Å². The quantitative estimate of drug-likeness (QED) is 0.543. The van der Waals surface area contributed by atoms with Crippen molar-refractivity contribution in [1.29, 1.82) is 0 Å². The first-order chi connectivity index (χ1) is 14.1. The number of carbonyl (C=O) groups is 1. The third kappa shape index (κ3) is 5.01. The molecule has 0 unspecified atom stereocenters. The maximum Gasteiger partial charge on any atom is 0.259 e. The molecular weight excluding hydrogens is 465 g/mol. The minimum Gasteiger partial charge on any atom is -0.298 e. The maximum atomic E-state index is 12.7. The Balaban J connectivity index is 1.78. The second-order valence-corrected chi connectivity index (χ2v) is 10.9. The molecule has 0 aliphatic heterocycles. The predicted octanol–water partition coefficient (Wildman–Crippen LogP) is 4.85. The van der Waals surface area contributed by atoms with Gasteiger partial charge in [-0.1, -0.05) is 35.3 Å². The summed E-state index contributed by atoms with van der Waals surface area (Å²) in [6, 6.07) is 9.87. The average molecular weight is 484 g/mol. The van der Waals surface area contributed by atoms with E-state index in [4.69, 9.17) is 23.2 Å². The smallest absolute Gasteiger partial charge is 0.259 e. The van der Waals surface area contributed by atoms with Crippen LogP contribution in [0.4, 0.5) is 5.13 Å². The van der Waals surface area contributed by atoms with Crippen LogP contribution in [0.15, 0.2) is 47.5 Å². The van der Waals surface area contributed by atoms with E-state index in [1.165, 1.54) is 43.6 Å². The first kappa shape index (κ1) is 22.7. The molecule has 0 atom stereocenters. The molecule has 0 spiro atoms. The fraction of sp³-hybridized carbons (Fsp3) is 0.200.